The number of thioether (sulfide) groups is 1. The number of amides is 1. The summed E-state index contributed by atoms with van der Waals surface area (Å²) in [5.41, 5.74) is 1.08. The first-order valence-electron chi connectivity index (χ1n) is 7.33. The third-order valence-corrected chi connectivity index (χ3v) is 4.66. The van der Waals surface area contributed by atoms with Gasteiger partial charge in [-0.2, -0.15) is 11.8 Å². The molecule has 0 radical (unpaired) electrons. The van der Waals surface area contributed by atoms with Crippen LogP contribution in [0.1, 0.15) is 32.0 Å². The predicted octanol–water partition coefficient (Wildman–Crippen LogP) is 2.66. The molecule has 1 heterocycles. The lowest BCUT2D eigenvalue weighted by molar-refractivity contribution is -0.131. The van der Waals surface area contributed by atoms with Gasteiger partial charge in [0.15, 0.2) is 0 Å². The lowest BCUT2D eigenvalue weighted by Crippen LogP contribution is -2.41. The number of nitrogens with zero attached hydrogens (tertiary/aromatic N) is 1. The van der Waals surface area contributed by atoms with Gasteiger partial charge >= 0.3 is 0 Å². The number of hydrogen-bond acceptors (Lipinski definition) is 4. The fourth-order valence-corrected chi connectivity index (χ4v) is 3.57. The zero-order chi connectivity index (χ0) is 15.4. The summed E-state index contributed by atoms with van der Waals surface area (Å²) in [4.78, 5) is 14.6. The monoisotopic (exact) mass is 308 g/mol. The second-order valence-corrected chi connectivity index (χ2v) is 6.24. The number of nitrogens with one attached hydrogen (secondary N) is 1. The van der Waals surface area contributed by atoms with Crippen molar-refractivity contribution in [2.45, 2.75) is 38.5 Å². The van der Waals surface area contributed by atoms with Gasteiger partial charge in [-0.15, -0.1) is 0 Å². The van der Waals surface area contributed by atoms with Gasteiger partial charge in [-0.1, -0.05) is 19.1 Å². The Kier molecular flexibility index (Phi) is 5.53. The summed E-state index contributed by atoms with van der Waals surface area (Å²) in [6, 6.07) is 8.05. The fourth-order valence-electron chi connectivity index (χ4n) is 2.79. The minimum absolute atomic E-state index is 0.0697. The second kappa shape index (κ2) is 7.18. The largest absolute Gasteiger partial charge is 0.497 e. The highest BCUT2D eigenvalue weighted by Crippen LogP contribution is 2.31. The van der Waals surface area contributed by atoms with E-state index < -0.39 is 0 Å². The lowest BCUT2D eigenvalue weighted by atomic mass is 10.1. The molecular formula is C16H24N2O2S. The van der Waals surface area contributed by atoms with Crippen LogP contribution in [0.25, 0.3) is 0 Å². The highest BCUT2D eigenvalue weighted by atomic mass is 32.2. The zero-order valence-corrected chi connectivity index (χ0v) is 13.9. The van der Waals surface area contributed by atoms with Crippen molar-refractivity contribution in [3.63, 3.8) is 0 Å². The quantitative estimate of drug-likeness (QED) is 0.877. The number of benzene rings is 1. The summed E-state index contributed by atoms with van der Waals surface area (Å²) in [5.74, 6) is 1.96. The minimum Gasteiger partial charge on any atom is -0.497 e. The van der Waals surface area contributed by atoms with Crippen LogP contribution in [-0.2, 0) is 4.79 Å². The van der Waals surface area contributed by atoms with Crippen molar-refractivity contribution in [2.75, 3.05) is 19.1 Å². The summed E-state index contributed by atoms with van der Waals surface area (Å²) in [6.07, 6.45) is 2.97. The van der Waals surface area contributed by atoms with Crippen LogP contribution < -0.4 is 10.1 Å². The van der Waals surface area contributed by atoms with E-state index in [1.807, 2.05) is 36.1 Å². The number of carbonyl (C=O) groups is 1. The number of methoxy groups -OCH3 is 1. The molecule has 116 valence electrons. The summed E-state index contributed by atoms with van der Waals surface area (Å²) >= 11 is 1.78. The van der Waals surface area contributed by atoms with Gasteiger partial charge in [-0.3, -0.25) is 10.1 Å². The van der Waals surface area contributed by atoms with Crippen molar-refractivity contribution in [1.82, 2.24) is 10.2 Å². The molecule has 1 amide bonds. The van der Waals surface area contributed by atoms with E-state index in [0.717, 1.165) is 23.5 Å². The van der Waals surface area contributed by atoms with Crippen LogP contribution >= 0.6 is 11.8 Å². The predicted molar refractivity (Wildman–Crippen MR) is 87.6 cm³/mol. The van der Waals surface area contributed by atoms with E-state index in [-0.39, 0.29) is 24.2 Å². The molecule has 1 fully saturated rings. The summed E-state index contributed by atoms with van der Waals surface area (Å²) in [6.45, 7) is 4.07. The maximum atomic E-state index is 12.5. The summed E-state index contributed by atoms with van der Waals surface area (Å²) in [7, 11) is 1.66. The van der Waals surface area contributed by atoms with Gasteiger partial charge in [-0.05, 0) is 37.3 Å². The van der Waals surface area contributed by atoms with E-state index in [0.29, 0.717) is 0 Å². The molecule has 3 unspecified atom stereocenters. The van der Waals surface area contributed by atoms with Gasteiger partial charge in [0.05, 0.1) is 13.2 Å². The molecule has 0 saturated carbocycles. The molecule has 1 aromatic rings. The second-order valence-electron chi connectivity index (χ2n) is 5.33. The third-order valence-electron chi connectivity index (χ3n) is 3.94. The number of hydrogen-bond donors (Lipinski definition) is 1. The molecule has 1 N–H and O–H groups in total. The third kappa shape index (κ3) is 3.35. The van der Waals surface area contributed by atoms with Gasteiger partial charge in [0.2, 0.25) is 5.91 Å². The van der Waals surface area contributed by atoms with E-state index in [1.54, 1.807) is 18.9 Å². The average Bonchev–Trinajstić information content (AvgIpc) is 2.81. The smallest absolute Gasteiger partial charge is 0.241 e. The van der Waals surface area contributed by atoms with Gasteiger partial charge < -0.3 is 9.64 Å². The molecule has 0 bridgehead atoms. The fraction of sp³-hybridized carbons (Fsp3) is 0.562. The van der Waals surface area contributed by atoms with Crippen LogP contribution in [0.4, 0.5) is 0 Å². The van der Waals surface area contributed by atoms with E-state index >= 15 is 0 Å². The maximum absolute atomic E-state index is 12.5. The van der Waals surface area contributed by atoms with Crippen molar-refractivity contribution in [1.29, 1.82) is 0 Å². The van der Waals surface area contributed by atoms with Crippen LogP contribution in [0.5, 0.6) is 5.75 Å². The maximum Gasteiger partial charge on any atom is 0.241 e. The molecule has 1 aliphatic heterocycles. The summed E-state index contributed by atoms with van der Waals surface area (Å²) in [5, 5.41) is 3.41. The Morgan fingerprint density at radius 1 is 1.48 bits per heavy atom. The minimum atomic E-state index is -0.142. The molecule has 1 aliphatic rings. The first kappa shape index (κ1) is 16.2. The zero-order valence-electron chi connectivity index (χ0n) is 13.1. The average molecular weight is 308 g/mol. The molecule has 1 saturated heterocycles. The first-order valence-corrected chi connectivity index (χ1v) is 8.72. The van der Waals surface area contributed by atoms with Crippen LogP contribution in [0.3, 0.4) is 0 Å². The molecule has 0 aromatic heterocycles. The van der Waals surface area contributed by atoms with E-state index in [1.165, 1.54) is 0 Å². The van der Waals surface area contributed by atoms with E-state index in [9.17, 15) is 4.79 Å². The van der Waals surface area contributed by atoms with Crippen LogP contribution in [0.15, 0.2) is 24.3 Å². The van der Waals surface area contributed by atoms with Gasteiger partial charge in [0.25, 0.3) is 0 Å². The van der Waals surface area contributed by atoms with Crippen LogP contribution in [0, 0.1) is 0 Å². The number of carbonyl (C=O) groups excluding carboxylic acids is 1. The van der Waals surface area contributed by atoms with Gasteiger partial charge in [-0.25, -0.2) is 0 Å². The van der Waals surface area contributed by atoms with Crippen LogP contribution in [-0.4, -0.2) is 42.0 Å². The first-order chi connectivity index (χ1) is 10.1. The Balaban J connectivity index is 2.32. The van der Waals surface area contributed by atoms with Crippen molar-refractivity contribution in [2.24, 2.45) is 0 Å². The van der Waals surface area contributed by atoms with Crippen molar-refractivity contribution in [3.05, 3.63) is 29.8 Å². The van der Waals surface area contributed by atoms with Crippen molar-refractivity contribution < 1.29 is 9.53 Å². The van der Waals surface area contributed by atoms with Crippen molar-refractivity contribution in [3.8, 4) is 5.75 Å². The molecule has 3 atom stereocenters. The van der Waals surface area contributed by atoms with Crippen LogP contribution in [0.2, 0.25) is 0 Å². The normalized spacial score (nSPS) is 23.4. The standard InChI is InChI=1S/C16H24N2O2S/c1-5-13(10-21-4)18-15(17-11(2)16(18)19)12-7-6-8-14(9-12)20-3/h6-9,11,13,15,17H,5,10H2,1-4H3. The highest BCUT2D eigenvalue weighted by molar-refractivity contribution is 7.98. The molecular weight excluding hydrogens is 284 g/mol. The lowest BCUT2D eigenvalue weighted by Gasteiger charge is -2.32. The SMILES string of the molecule is CCC(CSC)N1C(=O)C(C)NC1c1cccc(OC)c1. The Bertz CT molecular complexity index is 495. The van der Waals surface area contributed by atoms with Crippen molar-refractivity contribution >= 4 is 17.7 Å². The van der Waals surface area contributed by atoms with Gasteiger partial charge in [0, 0.05) is 11.8 Å². The van der Waals surface area contributed by atoms with Gasteiger partial charge in [0.1, 0.15) is 11.9 Å². The Morgan fingerprint density at radius 2 is 2.24 bits per heavy atom. The highest BCUT2D eigenvalue weighted by Gasteiger charge is 2.40. The number of rotatable bonds is 6. The van der Waals surface area contributed by atoms with E-state index in [4.69, 9.17) is 4.74 Å². The topological polar surface area (TPSA) is 41.6 Å². The molecule has 1 aromatic carbocycles. The molecule has 0 aliphatic carbocycles. The Hall–Kier alpha value is -1.20. The Labute approximate surface area is 131 Å². The molecule has 21 heavy (non-hydrogen) atoms. The summed E-state index contributed by atoms with van der Waals surface area (Å²) < 4.78 is 5.30. The Morgan fingerprint density at radius 3 is 2.86 bits per heavy atom. The molecule has 2 rings (SSSR count). The van der Waals surface area contributed by atoms with E-state index in [2.05, 4.69) is 18.5 Å². The molecule has 0 spiro atoms. The number of ether oxygens (including phenoxy) is 1. The molecule has 5 heteroatoms. The molecule has 4 nitrogen and oxygen atoms in total.